The summed E-state index contributed by atoms with van der Waals surface area (Å²) in [6.45, 7) is 2.06. The van der Waals surface area contributed by atoms with Crippen LogP contribution in [0.1, 0.15) is 34.7 Å². The molecule has 1 atom stereocenters. The molecule has 32 heavy (non-hydrogen) atoms. The van der Waals surface area contributed by atoms with Gasteiger partial charge in [-0.1, -0.05) is 54.6 Å². The predicted octanol–water partition coefficient (Wildman–Crippen LogP) is 4.66. The molecule has 4 rings (SSSR count). The number of fused-ring (bicyclic) bond motifs is 3. The number of hydrogen-bond donors (Lipinski definition) is 1. The highest BCUT2D eigenvalue weighted by atomic mass is 16.6. The van der Waals surface area contributed by atoms with E-state index in [-0.39, 0.29) is 18.9 Å². The quantitative estimate of drug-likeness (QED) is 0.590. The third-order valence-electron chi connectivity index (χ3n) is 6.06. The molecule has 0 fully saturated rings. The van der Waals surface area contributed by atoms with E-state index in [1.807, 2.05) is 55.5 Å². The summed E-state index contributed by atoms with van der Waals surface area (Å²) >= 11 is 0. The molecule has 3 aromatic rings. The number of aromatic nitrogens is 1. The molecule has 0 saturated carbocycles. The number of carbonyl (C=O) groups is 2. The number of carbonyl (C=O) groups excluding carboxylic acids is 1. The van der Waals surface area contributed by atoms with Crippen molar-refractivity contribution in [2.75, 3.05) is 13.7 Å². The molecule has 1 heterocycles. The molecule has 6 heteroatoms. The lowest BCUT2D eigenvalue weighted by Crippen LogP contribution is -2.43. The first-order valence-electron chi connectivity index (χ1n) is 10.7. The van der Waals surface area contributed by atoms with Crippen LogP contribution in [0.15, 0.2) is 66.9 Å². The largest absolute Gasteiger partial charge is 0.480 e. The van der Waals surface area contributed by atoms with Gasteiger partial charge >= 0.3 is 12.1 Å². The number of rotatable bonds is 7. The summed E-state index contributed by atoms with van der Waals surface area (Å²) in [5.41, 5.74) is 6.36. The van der Waals surface area contributed by atoms with Gasteiger partial charge in [0.05, 0.1) is 0 Å². The number of pyridine rings is 1. The molecular weight excluding hydrogens is 404 g/mol. The van der Waals surface area contributed by atoms with Crippen molar-refractivity contribution in [2.45, 2.75) is 31.7 Å². The van der Waals surface area contributed by atoms with E-state index in [1.54, 1.807) is 6.20 Å². The lowest BCUT2D eigenvalue weighted by Gasteiger charge is -2.25. The Hall–Kier alpha value is -3.67. The van der Waals surface area contributed by atoms with E-state index >= 15 is 0 Å². The second-order valence-electron chi connectivity index (χ2n) is 8.12. The van der Waals surface area contributed by atoms with E-state index in [2.05, 4.69) is 17.1 Å². The summed E-state index contributed by atoms with van der Waals surface area (Å²) in [6, 6.07) is 19.0. The first kappa shape index (κ1) is 21.6. The minimum absolute atomic E-state index is 0.0679. The number of ether oxygens (including phenoxy) is 1. The number of aryl methyl sites for hydroxylation is 2. The number of nitrogens with zero attached hydrogens (tertiary/aromatic N) is 2. The molecule has 1 aliphatic rings. The SMILES string of the molecule is Cc1ccc(CCC(C(=O)O)N(C)C(=O)OCC2c3ccccc3-c3ccccc32)cn1. The van der Waals surface area contributed by atoms with Gasteiger partial charge in [0.25, 0.3) is 0 Å². The number of amides is 1. The van der Waals surface area contributed by atoms with Crippen LogP contribution in [0.5, 0.6) is 0 Å². The van der Waals surface area contributed by atoms with Crippen molar-refractivity contribution in [3.05, 3.63) is 89.2 Å². The smallest absolute Gasteiger partial charge is 0.410 e. The number of carboxylic acids is 1. The maximum Gasteiger partial charge on any atom is 0.410 e. The van der Waals surface area contributed by atoms with Gasteiger partial charge in [0.2, 0.25) is 0 Å². The van der Waals surface area contributed by atoms with Crippen molar-refractivity contribution < 1.29 is 19.4 Å². The van der Waals surface area contributed by atoms with Gasteiger partial charge in [-0.05, 0) is 53.6 Å². The number of likely N-dealkylation sites (N-methyl/N-ethyl adjacent to an activating group) is 1. The fourth-order valence-corrected chi connectivity index (χ4v) is 4.26. The zero-order valence-electron chi connectivity index (χ0n) is 18.2. The number of hydrogen-bond acceptors (Lipinski definition) is 4. The summed E-state index contributed by atoms with van der Waals surface area (Å²) in [6.07, 6.45) is 1.88. The minimum atomic E-state index is -1.05. The molecule has 6 nitrogen and oxygen atoms in total. The fourth-order valence-electron chi connectivity index (χ4n) is 4.26. The first-order chi connectivity index (χ1) is 15.5. The van der Waals surface area contributed by atoms with Crippen LogP contribution in [-0.2, 0) is 16.0 Å². The van der Waals surface area contributed by atoms with Gasteiger partial charge in [0.1, 0.15) is 12.6 Å². The molecule has 1 N–H and O–H groups in total. The molecule has 1 aromatic heterocycles. The van der Waals surface area contributed by atoms with Crippen molar-refractivity contribution in [1.82, 2.24) is 9.88 Å². The van der Waals surface area contributed by atoms with E-state index in [1.165, 1.54) is 11.9 Å². The standard InChI is InChI=1S/C26H26N2O4/c1-17-11-12-18(15-27-17)13-14-24(25(29)30)28(2)26(31)32-16-23-21-9-5-3-7-19(21)20-8-4-6-10-22(20)23/h3-12,15,23-24H,13-14,16H2,1-2H3,(H,29,30). The second-order valence-corrected chi connectivity index (χ2v) is 8.12. The highest BCUT2D eigenvalue weighted by molar-refractivity contribution is 5.81. The summed E-state index contributed by atoms with van der Waals surface area (Å²) < 4.78 is 5.61. The Morgan fingerprint density at radius 2 is 1.66 bits per heavy atom. The number of benzene rings is 2. The topological polar surface area (TPSA) is 79.7 Å². The average Bonchev–Trinajstić information content (AvgIpc) is 3.12. The third kappa shape index (κ3) is 4.35. The van der Waals surface area contributed by atoms with Gasteiger partial charge in [0, 0.05) is 24.9 Å². The fraction of sp³-hybridized carbons (Fsp3) is 0.269. The molecule has 1 aliphatic carbocycles. The summed E-state index contributed by atoms with van der Waals surface area (Å²) in [4.78, 5) is 30.0. The van der Waals surface area contributed by atoms with E-state index in [0.717, 1.165) is 33.5 Å². The van der Waals surface area contributed by atoms with Crippen LogP contribution in [0.25, 0.3) is 11.1 Å². The molecule has 2 aromatic carbocycles. The van der Waals surface area contributed by atoms with Crippen molar-refractivity contribution in [3.8, 4) is 11.1 Å². The van der Waals surface area contributed by atoms with E-state index in [4.69, 9.17) is 4.74 Å². The maximum absolute atomic E-state index is 12.8. The molecule has 0 saturated heterocycles. The molecule has 0 aliphatic heterocycles. The lowest BCUT2D eigenvalue weighted by atomic mass is 9.98. The minimum Gasteiger partial charge on any atom is -0.480 e. The Bertz CT molecular complexity index is 1080. The number of carboxylic acid groups (broad SMARTS) is 1. The molecule has 1 amide bonds. The Morgan fingerprint density at radius 3 is 2.22 bits per heavy atom. The van der Waals surface area contributed by atoms with Gasteiger partial charge < -0.3 is 9.84 Å². The van der Waals surface area contributed by atoms with Crippen LogP contribution in [0, 0.1) is 6.92 Å². The molecular formula is C26H26N2O4. The van der Waals surface area contributed by atoms with E-state index in [0.29, 0.717) is 6.42 Å². The number of aliphatic carboxylic acids is 1. The normalized spacial score (nSPS) is 13.2. The summed E-state index contributed by atoms with van der Waals surface area (Å²) in [5.74, 6) is -1.12. The zero-order chi connectivity index (χ0) is 22.7. The Kier molecular flexibility index (Phi) is 6.21. The first-order valence-corrected chi connectivity index (χ1v) is 10.7. The van der Waals surface area contributed by atoms with E-state index < -0.39 is 18.1 Å². The van der Waals surface area contributed by atoms with Crippen LogP contribution in [0.4, 0.5) is 4.79 Å². The summed E-state index contributed by atoms with van der Waals surface area (Å²) in [5, 5.41) is 9.69. The molecule has 0 spiro atoms. The lowest BCUT2D eigenvalue weighted by molar-refractivity contribution is -0.142. The van der Waals surface area contributed by atoms with Gasteiger partial charge in [-0.2, -0.15) is 0 Å². The van der Waals surface area contributed by atoms with Gasteiger partial charge in [-0.25, -0.2) is 9.59 Å². The van der Waals surface area contributed by atoms with Gasteiger partial charge in [0.15, 0.2) is 0 Å². The van der Waals surface area contributed by atoms with Crippen LogP contribution >= 0.6 is 0 Å². The van der Waals surface area contributed by atoms with Crippen molar-refractivity contribution in [3.63, 3.8) is 0 Å². The predicted molar refractivity (Wildman–Crippen MR) is 122 cm³/mol. The van der Waals surface area contributed by atoms with Gasteiger partial charge in [-0.15, -0.1) is 0 Å². The van der Waals surface area contributed by atoms with Crippen molar-refractivity contribution in [2.24, 2.45) is 0 Å². The van der Waals surface area contributed by atoms with E-state index in [9.17, 15) is 14.7 Å². The van der Waals surface area contributed by atoms with Crippen LogP contribution < -0.4 is 0 Å². The molecule has 164 valence electrons. The molecule has 0 bridgehead atoms. The van der Waals surface area contributed by atoms with Crippen LogP contribution in [-0.4, -0.2) is 46.7 Å². The van der Waals surface area contributed by atoms with Crippen molar-refractivity contribution in [1.29, 1.82) is 0 Å². The van der Waals surface area contributed by atoms with Crippen LogP contribution in [0.2, 0.25) is 0 Å². The van der Waals surface area contributed by atoms with Crippen LogP contribution in [0.3, 0.4) is 0 Å². The summed E-state index contributed by atoms with van der Waals surface area (Å²) in [7, 11) is 1.48. The monoisotopic (exact) mass is 430 g/mol. The van der Waals surface area contributed by atoms with Crippen molar-refractivity contribution >= 4 is 12.1 Å². The highest BCUT2D eigenvalue weighted by Crippen LogP contribution is 2.44. The Labute approximate surface area is 187 Å². The average molecular weight is 431 g/mol. The molecule has 0 radical (unpaired) electrons. The highest BCUT2D eigenvalue weighted by Gasteiger charge is 2.31. The Morgan fingerprint density at radius 1 is 1.03 bits per heavy atom. The second kappa shape index (κ2) is 9.22. The van der Waals surface area contributed by atoms with Gasteiger partial charge in [-0.3, -0.25) is 9.88 Å². The maximum atomic E-state index is 12.8. The molecule has 1 unspecified atom stereocenters. The third-order valence-corrected chi connectivity index (χ3v) is 6.06. The Balaban J connectivity index is 1.42. The zero-order valence-corrected chi connectivity index (χ0v) is 18.2.